The zero-order chi connectivity index (χ0) is 10.8. The molecule has 0 aromatic heterocycles. The summed E-state index contributed by atoms with van der Waals surface area (Å²) in [6.45, 7) is 8.92. The molecule has 0 heterocycles. The summed E-state index contributed by atoms with van der Waals surface area (Å²) in [5.74, 6) is 0. The minimum atomic E-state index is 0.349. The van der Waals surface area contributed by atoms with Gasteiger partial charge in [-0.1, -0.05) is 48.0 Å². The summed E-state index contributed by atoms with van der Waals surface area (Å²) in [6.07, 6.45) is 1.14. The van der Waals surface area contributed by atoms with E-state index in [0.717, 1.165) is 11.8 Å². The van der Waals surface area contributed by atoms with E-state index in [4.69, 9.17) is 0 Å². The maximum absolute atomic E-state index is 3.56. The van der Waals surface area contributed by atoms with Crippen LogP contribution in [0, 0.1) is 19.3 Å². The van der Waals surface area contributed by atoms with Crippen molar-refractivity contribution in [3.8, 4) is 0 Å². The molecule has 0 N–H and O–H groups in total. The van der Waals surface area contributed by atoms with Gasteiger partial charge in [-0.05, 0) is 42.4 Å². The van der Waals surface area contributed by atoms with Gasteiger partial charge in [0.25, 0.3) is 0 Å². The number of benzene rings is 1. The van der Waals surface area contributed by atoms with Crippen LogP contribution in [0.4, 0.5) is 0 Å². The lowest BCUT2D eigenvalue weighted by molar-refractivity contribution is 0.425. The second-order valence-corrected chi connectivity index (χ2v) is 5.45. The topological polar surface area (TPSA) is 0 Å². The maximum atomic E-state index is 3.56. The monoisotopic (exact) mass is 254 g/mol. The molecule has 0 saturated carbocycles. The van der Waals surface area contributed by atoms with E-state index in [0.29, 0.717) is 5.41 Å². The van der Waals surface area contributed by atoms with Gasteiger partial charge in [0, 0.05) is 5.33 Å². The second-order valence-electron chi connectivity index (χ2n) is 4.89. The second kappa shape index (κ2) is 4.48. The Labute approximate surface area is 95.9 Å². The molecule has 78 valence electrons. The van der Waals surface area contributed by atoms with Crippen LogP contribution in [-0.4, -0.2) is 5.33 Å². The van der Waals surface area contributed by atoms with E-state index in [1.807, 2.05) is 0 Å². The largest absolute Gasteiger partial charge is 0.0922 e. The third-order valence-electron chi connectivity index (χ3n) is 2.62. The lowest BCUT2D eigenvalue weighted by atomic mass is 9.87. The van der Waals surface area contributed by atoms with E-state index in [9.17, 15) is 0 Å². The summed E-state index contributed by atoms with van der Waals surface area (Å²) >= 11 is 3.56. The molecule has 1 aromatic rings. The number of aryl methyl sites for hydroxylation is 2. The van der Waals surface area contributed by atoms with E-state index >= 15 is 0 Å². The first kappa shape index (κ1) is 11.8. The molecule has 0 bridgehead atoms. The fraction of sp³-hybridized carbons (Fsp3) is 0.538. The zero-order valence-electron chi connectivity index (χ0n) is 9.52. The Morgan fingerprint density at radius 3 is 2.29 bits per heavy atom. The summed E-state index contributed by atoms with van der Waals surface area (Å²) in [7, 11) is 0. The van der Waals surface area contributed by atoms with Crippen molar-refractivity contribution in [3.05, 3.63) is 34.9 Å². The standard InChI is InChI=1S/C13H19Br/c1-10-5-6-12(7-11(10)2)8-13(3,4)9-14/h5-7H,8-9H2,1-4H3. The van der Waals surface area contributed by atoms with Crippen LogP contribution in [0.5, 0.6) is 0 Å². The van der Waals surface area contributed by atoms with Gasteiger partial charge in [0.05, 0.1) is 0 Å². The van der Waals surface area contributed by atoms with Crippen LogP contribution >= 0.6 is 15.9 Å². The molecule has 0 radical (unpaired) electrons. The molecule has 0 aliphatic heterocycles. The van der Waals surface area contributed by atoms with E-state index in [1.165, 1.54) is 16.7 Å². The Bertz CT molecular complexity index is 313. The zero-order valence-corrected chi connectivity index (χ0v) is 11.1. The van der Waals surface area contributed by atoms with Crippen molar-refractivity contribution in [3.63, 3.8) is 0 Å². The Morgan fingerprint density at radius 2 is 1.79 bits per heavy atom. The van der Waals surface area contributed by atoms with E-state index in [-0.39, 0.29) is 0 Å². The average Bonchev–Trinajstić information content (AvgIpc) is 2.11. The van der Waals surface area contributed by atoms with Gasteiger partial charge in [-0.3, -0.25) is 0 Å². The fourth-order valence-corrected chi connectivity index (χ4v) is 1.71. The van der Waals surface area contributed by atoms with Gasteiger partial charge in [0.2, 0.25) is 0 Å². The average molecular weight is 255 g/mol. The lowest BCUT2D eigenvalue weighted by Gasteiger charge is -2.21. The van der Waals surface area contributed by atoms with Gasteiger partial charge in [-0.2, -0.15) is 0 Å². The SMILES string of the molecule is Cc1ccc(CC(C)(C)CBr)cc1C. The van der Waals surface area contributed by atoms with Gasteiger partial charge in [-0.15, -0.1) is 0 Å². The molecule has 1 rings (SSSR count). The van der Waals surface area contributed by atoms with Crippen molar-refractivity contribution in [1.82, 2.24) is 0 Å². The van der Waals surface area contributed by atoms with Gasteiger partial charge in [-0.25, -0.2) is 0 Å². The normalized spacial score (nSPS) is 11.8. The highest BCUT2D eigenvalue weighted by Gasteiger charge is 2.16. The predicted molar refractivity (Wildman–Crippen MR) is 67.2 cm³/mol. The molecule has 0 aliphatic carbocycles. The third-order valence-corrected chi connectivity index (χ3v) is 4.13. The first-order valence-corrected chi connectivity index (χ1v) is 6.19. The van der Waals surface area contributed by atoms with Gasteiger partial charge >= 0.3 is 0 Å². The van der Waals surface area contributed by atoms with Crippen LogP contribution < -0.4 is 0 Å². The summed E-state index contributed by atoms with van der Waals surface area (Å²) in [5.41, 5.74) is 4.57. The minimum absolute atomic E-state index is 0.349. The minimum Gasteiger partial charge on any atom is -0.0922 e. The third kappa shape index (κ3) is 3.13. The van der Waals surface area contributed by atoms with Crippen LogP contribution in [-0.2, 0) is 6.42 Å². The molecular formula is C13H19Br. The molecule has 0 atom stereocenters. The van der Waals surface area contributed by atoms with Crippen molar-refractivity contribution in [1.29, 1.82) is 0 Å². The molecule has 0 fully saturated rings. The summed E-state index contributed by atoms with van der Waals surface area (Å²) in [6, 6.07) is 6.77. The fourth-order valence-electron chi connectivity index (χ4n) is 1.51. The van der Waals surface area contributed by atoms with Crippen molar-refractivity contribution in [2.75, 3.05) is 5.33 Å². The lowest BCUT2D eigenvalue weighted by Crippen LogP contribution is -2.16. The van der Waals surface area contributed by atoms with E-state index in [2.05, 4.69) is 61.8 Å². The Balaban J connectivity index is 2.83. The first-order valence-electron chi connectivity index (χ1n) is 5.07. The smallest absolute Gasteiger partial charge is 0.00858 e. The number of hydrogen-bond acceptors (Lipinski definition) is 0. The van der Waals surface area contributed by atoms with Crippen LogP contribution in [0.15, 0.2) is 18.2 Å². The van der Waals surface area contributed by atoms with Gasteiger partial charge in [0.15, 0.2) is 0 Å². The summed E-state index contributed by atoms with van der Waals surface area (Å²) in [5, 5.41) is 1.05. The van der Waals surface area contributed by atoms with Gasteiger partial charge < -0.3 is 0 Å². The molecule has 0 aliphatic rings. The van der Waals surface area contributed by atoms with Crippen molar-refractivity contribution >= 4 is 15.9 Å². The molecule has 0 spiro atoms. The summed E-state index contributed by atoms with van der Waals surface area (Å²) in [4.78, 5) is 0. The van der Waals surface area contributed by atoms with Crippen LogP contribution in [0.25, 0.3) is 0 Å². The number of alkyl halides is 1. The summed E-state index contributed by atoms with van der Waals surface area (Å²) < 4.78 is 0. The van der Waals surface area contributed by atoms with Crippen molar-refractivity contribution in [2.45, 2.75) is 34.1 Å². The quantitative estimate of drug-likeness (QED) is 0.707. The Hall–Kier alpha value is -0.300. The predicted octanol–water partition coefficient (Wildman–Crippen LogP) is 4.27. The molecule has 0 nitrogen and oxygen atoms in total. The first-order chi connectivity index (χ1) is 6.44. The molecular weight excluding hydrogens is 236 g/mol. The highest BCUT2D eigenvalue weighted by atomic mass is 79.9. The van der Waals surface area contributed by atoms with Crippen molar-refractivity contribution in [2.24, 2.45) is 5.41 Å². The molecule has 0 amide bonds. The van der Waals surface area contributed by atoms with E-state index < -0.39 is 0 Å². The molecule has 0 saturated heterocycles. The maximum Gasteiger partial charge on any atom is 0.00858 e. The van der Waals surface area contributed by atoms with Crippen LogP contribution in [0.3, 0.4) is 0 Å². The number of rotatable bonds is 3. The van der Waals surface area contributed by atoms with Gasteiger partial charge in [0.1, 0.15) is 0 Å². The van der Waals surface area contributed by atoms with E-state index in [1.54, 1.807) is 0 Å². The molecule has 1 aromatic carbocycles. The van der Waals surface area contributed by atoms with Crippen LogP contribution in [0.2, 0.25) is 0 Å². The van der Waals surface area contributed by atoms with Crippen molar-refractivity contribution < 1.29 is 0 Å². The van der Waals surface area contributed by atoms with Crippen LogP contribution in [0.1, 0.15) is 30.5 Å². The number of halogens is 1. The molecule has 1 heteroatoms. The number of hydrogen-bond donors (Lipinski definition) is 0. The highest BCUT2D eigenvalue weighted by molar-refractivity contribution is 9.09. The molecule has 14 heavy (non-hydrogen) atoms. The molecule has 0 unspecified atom stereocenters. The highest BCUT2D eigenvalue weighted by Crippen LogP contribution is 2.24. The Kier molecular flexibility index (Phi) is 3.77. The Morgan fingerprint density at radius 1 is 1.14 bits per heavy atom.